The molecular weight excluding hydrogens is 428 g/mol. The van der Waals surface area contributed by atoms with E-state index in [9.17, 15) is 13.2 Å². The number of benzene rings is 2. The maximum Gasteiger partial charge on any atom is 0.243 e. The molecule has 2 aromatic carbocycles. The molecule has 1 aliphatic heterocycles. The molecule has 1 N–H and O–H groups in total. The summed E-state index contributed by atoms with van der Waals surface area (Å²) in [6.45, 7) is 0.830. The van der Waals surface area contributed by atoms with Crippen LogP contribution in [0.1, 0.15) is 24.8 Å². The quantitative estimate of drug-likeness (QED) is 0.733. The van der Waals surface area contributed by atoms with E-state index in [1.165, 1.54) is 4.31 Å². The molecule has 0 unspecified atom stereocenters. The number of hydrogen-bond donors (Lipinski definition) is 1. The molecule has 1 amide bonds. The lowest BCUT2D eigenvalue weighted by molar-refractivity contribution is -0.122. The summed E-state index contributed by atoms with van der Waals surface area (Å²) in [4.78, 5) is 12.5. The minimum absolute atomic E-state index is 0.0205. The number of sulfonamides is 1. The van der Waals surface area contributed by atoms with Crippen LogP contribution in [-0.4, -0.2) is 37.8 Å². The minimum atomic E-state index is -3.49. The van der Waals surface area contributed by atoms with Crippen LogP contribution in [0.2, 0.25) is 0 Å². The van der Waals surface area contributed by atoms with E-state index in [-0.39, 0.29) is 11.9 Å². The van der Waals surface area contributed by atoms with Gasteiger partial charge in [0.05, 0.1) is 4.90 Å². The van der Waals surface area contributed by atoms with E-state index < -0.39 is 10.0 Å². The van der Waals surface area contributed by atoms with Gasteiger partial charge in [-0.2, -0.15) is 4.31 Å². The van der Waals surface area contributed by atoms with Gasteiger partial charge in [0.2, 0.25) is 15.9 Å². The number of hydrogen-bond acceptors (Lipinski definition) is 3. The van der Waals surface area contributed by atoms with Crippen molar-refractivity contribution >= 4 is 31.9 Å². The molecule has 1 aliphatic rings. The van der Waals surface area contributed by atoms with Crippen molar-refractivity contribution in [1.29, 1.82) is 0 Å². The van der Waals surface area contributed by atoms with Crippen molar-refractivity contribution in [2.75, 3.05) is 13.1 Å². The largest absolute Gasteiger partial charge is 0.353 e. The molecule has 0 atom stereocenters. The fourth-order valence-corrected chi connectivity index (χ4v) is 5.29. The first-order valence-corrected chi connectivity index (χ1v) is 11.3. The number of halogens is 1. The van der Waals surface area contributed by atoms with E-state index >= 15 is 0 Å². The molecule has 1 heterocycles. The Bertz CT molecular complexity index is 879. The van der Waals surface area contributed by atoms with Gasteiger partial charge in [0.25, 0.3) is 0 Å². The number of nitrogens with one attached hydrogen (secondary N) is 1. The van der Waals surface area contributed by atoms with Gasteiger partial charge in [0.15, 0.2) is 0 Å². The fourth-order valence-electron chi connectivity index (χ4n) is 3.22. The number of nitrogens with zero attached hydrogens (tertiary/aromatic N) is 1. The molecule has 1 saturated heterocycles. The van der Waals surface area contributed by atoms with E-state index in [2.05, 4.69) is 21.2 Å². The molecule has 27 heavy (non-hydrogen) atoms. The molecule has 7 heteroatoms. The standard InChI is InChI=1S/C20H23BrN2O3S/c21-17-7-4-8-19(15-17)27(25,26)23-13-11-18(12-14-23)22-20(24)10-9-16-5-2-1-3-6-16/h1-8,15,18H,9-14H2,(H,22,24). The van der Waals surface area contributed by atoms with Gasteiger partial charge in [-0.25, -0.2) is 8.42 Å². The Morgan fingerprint density at radius 2 is 1.78 bits per heavy atom. The number of carbonyl (C=O) groups excluding carboxylic acids is 1. The van der Waals surface area contributed by atoms with Gasteiger partial charge in [-0.05, 0) is 43.0 Å². The molecule has 0 aromatic heterocycles. The average Bonchev–Trinajstić information content (AvgIpc) is 2.68. The van der Waals surface area contributed by atoms with E-state index in [1.54, 1.807) is 24.3 Å². The van der Waals surface area contributed by atoms with Crippen molar-refractivity contribution in [3.05, 3.63) is 64.6 Å². The zero-order chi connectivity index (χ0) is 19.3. The number of aryl methyl sites for hydroxylation is 1. The van der Waals surface area contributed by atoms with Gasteiger partial charge >= 0.3 is 0 Å². The Balaban J connectivity index is 1.49. The highest BCUT2D eigenvalue weighted by molar-refractivity contribution is 9.10. The summed E-state index contributed by atoms with van der Waals surface area (Å²) in [7, 11) is -3.49. The molecule has 0 bridgehead atoms. The SMILES string of the molecule is O=C(CCc1ccccc1)NC1CCN(S(=O)(=O)c2cccc(Br)c2)CC1. The molecule has 3 rings (SSSR count). The lowest BCUT2D eigenvalue weighted by atomic mass is 10.1. The Kier molecular flexibility index (Phi) is 6.68. The van der Waals surface area contributed by atoms with Crippen LogP contribution in [0.25, 0.3) is 0 Å². The van der Waals surface area contributed by atoms with Crippen LogP contribution in [0, 0.1) is 0 Å². The predicted molar refractivity (Wildman–Crippen MR) is 109 cm³/mol. The van der Waals surface area contributed by atoms with Gasteiger partial charge in [-0.1, -0.05) is 52.3 Å². The zero-order valence-corrected chi connectivity index (χ0v) is 17.4. The number of amides is 1. The zero-order valence-electron chi connectivity index (χ0n) is 15.0. The van der Waals surface area contributed by atoms with Crippen LogP contribution in [0.4, 0.5) is 0 Å². The molecular formula is C20H23BrN2O3S. The summed E-state index contributed by atoms with van der Waals surface area (Å²) in [6.07, 6.45) is 2.41. The third-order valence-electron chi connectivity index (χ3n) is 4.74. The van der Waals surface area contributed by atoms with Crippen molar-refractivity contribution < 1.29 is 13.2 Å². The van der Waals surface area contributed by atoms with Crippen LogP contribution in [0.3, 0.4) is 0 Å². The molecule has 1 fully saturated rings. The summed E-state index contributed by atoms with van der Waals surface area (Å²) in [6, 6.07) is 16.7. The van der Waals surface area contributed by atoms with Crippen molar-refractivity contribution in [1.82, 2.24) is 9.62 Å². The summed E-state index contributed by atoms with van der Waals surface area (Å²) < 4.78 is 27.7. The first-order chi connectivity index (χ1) is 12.9. The van der Waals surface area contributed by atoms with Crippen LogP contribution >= 0.6 is 15.9 Å². The maximum absolute atomic E-state index is 12.7. The monoisotopic (exact) mass is 450 g/mol. The molecule has 0 spiro atoms. The van der Waals surface area contributed by atoms with E-state index in [0.29, 0.717) is 43.7 Å². The van der Waals surface area contributed by atoms with Crippen molar-refractivity contribution in [3.63, 3.8) is 0 Å². The molecule has 0 radical (unpaired) electrons. The third-order valence-corrected chi connectivity index (χ3v) is 7.12. The smallest absolute Gasteiger partial charge is 0.243 e. The highest BCUT2D eigenvalue weighted by atomic mass is 79.9. The van der Waals surface area contributed by atoms with Gasteiger partial charge in [-0.15, -0.1) is 0 Å². The van der Waals surface area contributed by atoms with Crippen LogP contribution < -0.4 is 5.32 Å². The minimum Gasteiger partial charge on any atom is -0.353 e. The second-order valence-electron chi connectivity index (χ2n) is 6.69. The van der Waals surface area contributed by atoms with E-state index in [4.69, 9.17) is 0 Å². The van der Waals surface area contributed by atoms with Crippen molar-refractivity contribution in [2.24, 2.45) is 0 Å². The first kappa shape index (κ1) is 20.0. The summed E-state index contributed by atoms with van der Waals surface area (Å²) in [5.41, 5.74) is 1.14. The van der Waals surface area contributed by atoms with Crippen LogP contribution in [0.15, 0.2) is 64.0 Å². The Morgan fingerprint density at radius 3 is 2.44 bits per heavy atom. The predicted octanol–water partition coefficient (Wildman–Crippen LogP) is 3.35. The van der Waals surface area contributed by atoms with Crippen LogP contribution in [-0.2, 0) is 21.2 Å². The summed E-state index contributed by atoms with van der Waals surface area (Å²) >= 11 is 3.32. The Hall–Kier alpha value is -1.70. The van der Waals surface area contributed by atoms with E-state index in [0.717, 1.165) is 10.0 Å². The molecule has 144 valence electrons. The second kappa shape index (κ2) is 8.99. The number of rotatable bonds is 6. The third kappa shape index (κ3) is 5.40. The highest BCUT2D eigenvalue weighted by Crippen LogP contribution is 2.23. The lowest BCUT2D eigenvalue weighted by Crippen LogP contribution is -2.46. The maximum atomic E-state index is 12.7. The molecule has 5 nitrogen and oxygen atoms in total. The normalized spacial score (nSPS) is 16.2. The number of carbonyl (C=O) groups is 1. The van der Waals surface area contributed by atoms with Crippen LogP contribution in [0.5, 0.6) is 0 Å². The molecule has 2 aromatic rings. The first-order valence-electron chi connectivity index (χ1n) is 9.04. The highest BCUT2D eigenvalue weighted by Gasteiger charge is 2.29. The van der Waals surface area contributed by atoms with Gasteiger partial charge in [-0.3, -0.25) is 4.79 Å². The second-order valence-corrected chi connectivity index (χ2v) is 9.54. The van der Waals surface area contributed by atoms with Crippen molar-refractivity contribution in [2.45, 2.75) is 36.6 Å². The lowest BCUT2D eigenvalue weighted by Gasteiger charge is -2.31. The molecule has 0 saturated carbocycles. The summed E-state index contributed by atoms with van der Waals surface area (Å²) in [5.74, 6) is 0.0205. The fraction of sp³-hybridized carbons (Fsp3) is 0.350. The molecule has 0 aliphatic carbocycles. The topological polar surface area (TPSA) is 66.5 Å². The van der Waals surface area contributed by atoms with Gasteiger partial charge < -0.3 is 5.32 Å². The Morgan fingerprint density at radius 1 is 1.07 bits per heavy atom. The Labute approximate surface area is 169 Å². The van der Waals surface area contributed by atoms with Gasteiger partial charge in [0, 0.05) is 30.0 Å². The average molecular weight is 451 g/mol. The van der Waals surface area contributed by atoms with Gasteiger partial charge in [0.1, 0.15) is 0 Å². The van der Waals surface area contributed by atoms with Crippen molar-refractivity contribution in [3.8, 4) is 0 Å². The summed E-state index contributed by atoms with van der Waals surface area (Å²) in [5, 5.41) is 3.04. The van der Waals surface area contributed by atoms with E-state index in [1.807, 2.05) is 30.3 Å². The number of piperidine rings is 1.